The summed E-state index contributed by atoms with van der Waals surface area (Å²) < 4.78 is 0. The first-order chi connectivity index (χ1) is 8.15. The van der Waals surface area contributed by atoms with Gasteiger partial charge in [0.15, 0.2) is 0 Å². The summed E-state index contributed by atoms with van der Waals surface area (Å²) in [5.41, 5.74) is 5.27. The normalized spacial score (nSPS) is 19.2. The van der Waals surface area contributed by atoms with E-state index in [1.807, 2.05) is 0 Å². The summed E-state index contributed by atoms with van der Waals surface area (Å²) in [4.78, 5) is 13.9. The molecule has 6 nitrogen and oxygen atoms in total. The molecule has 0 bridgehead atoms. The third kappa shape index (κ3) is 5.04. The van der Waals surface area contributed by atoms with E-state index in [2.05, 4.69) is 22.3 Å². The van der Waals surface area contributed by atoms with Gasteiger partial charge < -0.3 is 21.2 Å². The first kappa shape index (κ1) is 13.8. The molecule has 0 spiro atoms. The summed E-state index contributed by atoms with van der Waals surface area (Å²) in [6, 6.07) is 0.224. The Balaban J connectivity index is 2.23. The molecule has 17 heavy (non-hydrogen) atoms. The van der Waals surface area contributed by atoms with E-state index < -0.39 is 0 Å². The van der Waals surface area contributed by atoms with Gasteiger partial charge in [-0.15, -0.1) is 0 Å². The molecule has 1 heterocycles. The summed E-state index contributed by atoms with van der Waals surface area (Å²) in [6.45, 7) is 5.36. The van der Waals surface area contributed by atoms with Crippen LogP contribution < -0.4 is 11.1 Å². The lowest BCUT2D eigenvalue weighted by atomic mass is 10.0. The van der Waals surface area contributed by atoms with Gasteiger partial charge in [-0.2, -0.15) is 0 Å². The largest absolute Gasteiger partial charge is 0.409 e. The lowest BCUT2D eigenvalue weighted by molar-refractivity contribution is -0.120. The van der Waals surface area contributed by atoms with Gasteiger partial charge >= 0.3 is 0 Å². The number of hydrogen-bond acceptors (Lipinski definition) is 4. The number of rotatable bonds is 5. The van der Waals surface area contributed by atoms with E-state index in [9.17, 15) is 4.79 Å². The Labute approximate surface area is 102 Å². The number of carbonyl (C=O) groups excluding carboxylic acids is 1. The highest BCUT2D eigenvalue weighted by Gasteiger charge is 2.20. The van der Waals surface area contributed by atoms with E-state index in [1.54, 1.807) is 0 Å². The summed E-state index contributed by atoms with van der Waals surface area (Å²) in [5.74, 6) is -0.222. The zero-order valence-corrected chi connectivity index (χ0v) is 10.4. The van der Waals surface area contributed by atoms with Gasteiger partial charge in [-0.3, -0.25) is 4.79 Å². The summed E-state index contributed by atoms with van der Waals surface area (Å²) in [5, 5.41) is 14.1. The number of amides is 1. The quantitative estimate of drug-likeness (QED) is 0.276. The summed E-state index contributed by atoms with van der Waals surface area (Å²) >= 11 is 0. The number of piperidine rings is 1. The van der Waals surface area contributed by atoms with Crippen molar-refractivity contribution in [3.05, 3.63) is 0 Å². The Morgan fingerprint density at radius 2 is 2.18 bits per heavy atom. The monoisotopic (exact) mass is 242 g/mol. The van der Waals surface area contributed by atoms with Gasteiger partial charge in [-0.05, 0) is 25.8 Å². The van der Waals surface area contributed by atoms with Crippen LogP contribution in [-0.2, 0) is 4.79 Å². The van der Waals surface area contributed by atoms with E-state index in [-0.39, 0.29) is 24.2 Å². The van der Waals surface area contributed by atoms with Crippen molar-refractivity contribution in [1.29, 1.82) is 0 Å². The standard InChI is InChI=1S/C11H22N4O2/c1-2-5-15-6-3-9(4-7-15)13-11(16)8-10(12)14-17/h9,17H,2-8H2,1H3,(H2,12,14)(H,13,16). The van der Waals surface area contributed by atoms with E-state index in [4.69, 9.17) is 10.9 Å². The van der Waals surface area contributed by atoms with Gasteiger partial charge in [0.05, 0.1) is 6.42 Å². The van der Waals surface area contributed by atoms with Crippen molar-refractivity contribution in [1.82, 2.24) is 10.2 Å². The molecule has 0 radical (unpaired) electrons. The maximum Gasteiger partial charge on any atom is 0.227 e. The Morgan fingerprint density at radius 1 is 1.53 bits per heavy atom. The molecule has 0 aromatic carbocycles. The molecule has 1 amide bonds. The minimum Gasteiger partial charge on any atom is -0.409 e. The van der Waals surface area contributed by atoms with Crippen LogP contribution in [0.2, 0.25) is 0 Å². The maximum atomic E-state index is 11.5. The minimum absolute atomic E-state index is 0.0360. The average molecular weight is 242 g/mol. The highest BCUT2D eigenvalue weighted by Crippen LogP contribution is 2.10. The zero-order chi connectivity index (χ0) is 12.7. The highest BCUT2D eigenvalue weighted by atomic mass is 16.4. The molecule has 1 aliphatic heterocycles. The molecule has 0 aromatic rings. The van der Waals surface area contributed by atoms with E-state index in [0.29, 0.717) is 0 Å². The predicted molar refractivity (Wildman–Crippen MR) is 65.9 cm³/mol. The summed E-state index contributed by atoms with van der Waals surface area (Å²) in [7, 11) is 0. The Kier molecular flexibility index (Phi) is 5.76. The summed E-state index contributed by atoms with van der Waals surface area (Å²) in [6.07, 6.45) is 3.08. The Hall–Kier alpha value is -1.30. The molecule has 1 aliphatic rings. The topological polar surface area (TPSA) is 91.0 Å². The fourth-order valence-corrected chi connectivity index (χ4v) is 2.10. The van der Waals surface area contributed by atoms with Crippen molar-refractivity contribution in [2.75, 3.05) is 19.6 Å². The van der Waals surface area contributed by atoms with Gasteiger partial charge in [0.25, 0.3) is 0 Å². The lowest BCUT2D eigenvalue weighted by Crippen LogP contribution is -2.45. The molecule has 6 heteroatoms. The molecule has 1 fully saturated rings. The molecule has 0 atom stereocenters. The van der Waals surface area contributed by atoms with Crippen molar-refractivity contribution < 1.29 is 10.0 Å². The third-order valence-corrected chi connectivity index (χ3v) is 2.96. The van der Waals surface area contributed by atoms with Crippen LogP contribution >= 0.6 is 0 Å². The minimum atomic E-state index is -0.172. The SMILES string of the molecule is CCCN1CCC(NC(=O)C/C(N)=N/O)CC1. The van der Waals surface area contributed by atoms with E-state index >= 15 is 0 Å². The molecule has 0 aromatic heterocycles. The lowest BCUT2D eigenvalue weighted by Gasteiger charge is -2.32. The molecule has 0 saturated carbocycles. The molecule has 0 aliphatic carbocycles. The van der Waals surface area contributed by atoms with Crippen LogP contribution in [0.3, 0.4) is 0 Å². The zero-order valence-electron chi connectivity index (χ0n) is 10.4. The second kappa shape index (κ2) is 7.11. The van der Waals surface area contributed by atoms with Crippen molar-refractivity contribution >= 4 is 11.7 Å². The van der Waals surface area contributed by atoms with Gasteiger partial charge in [0.2, 0.25) is 5.91 Å². The van der Waals surface area contributed by atoms with Crippen molar-refractivity contribution in [2.24, 2.45) is 10.9 Å². The third-order valence-electron chi connectivity index (χ3n) is 2.96. The van der Waals surface area contributed by atoms with Crippen LogP contribution in [-0.4, -0.2) is 47.5 Å². The number of nitrogens with two attached hydrogens (primary N) is 1. The van der Waals surface area contributed by atoms with Gasteiger partial charge in [0, 0.05) is 19.1 Å². The molecule has 1 saturated heterocycles. The fourth-order valence-electron chi connectivity index (χ4n) is 2.10. The van der Waals surface area contributed by atoms with Crippen LogP contribution in [0.25, 0.3) is 0 Å². The van der Waals surface area contributed by atoms with Crippen LogP contribution in [0, 0.1) is 0 Å². The molecular formula is C11H22N4O2. The number of likely N-dealkylation sites (tertiary alicyclic amines) is 1. The number of carbonyl (C=O) groups is 1. The highest BCUT2D eigenvalue weighted by molar-refractivity contribution is 5.98. The van der Waals surface area contributed by atoms with Crippen molar-refractivity contribution in [3.8, 4) is 0 Å². The van der Waals surface area contributed by atoms with Crippen LogP contribution in [0.1, 0.15) is 32.6 Å². The number of amidine groups is 1. The van der Waals surface area contributed by atoms with Gasteiger partial charge in [0.1, 0.15) is 5.84 Å². The molecular weight excluding hydrogens is 220 g/mol. The smallest absolute Gasteiger partial charge is 0.227 e. The second-order valence-electron chi connectivity index (χ2n) is 4.45. The first-order valence-electron chi connectivity index (χ1n) is 6.13. The number of nitrogens with one attached hydrogen (secondary N) is 1. The number of oxime groups is 1. The van der Waals surface area contributed by atoms with Gasteiger partial charge in [-0.25, -0.2) is 0 Å². The maximum absolute atomic E-state index is 11.5. The van der Waals surface area contributed by atoms with Gasteiger partial charge in [-0.1, -0.05) is 12.1 Å². The predicted octanol–water partition coefficient (Wildman–Crippen LogP) is 0.114. The average Bonchev–Trinajstić information content (AvgIpc) is 2.31. The van der Waals surface area contributed by atoms with E-state index in [0.717, 1.165) is 32.5 Å². The Bertz CT molecular complexity index is 273. The number of hydrogen-bond donors (Lipinski definition) is 3. The number of nitrogens with zero attached hydrogens (tertiary/aromatic N) is 2. The fraction of sp³-hybridized carbons (Fsp3) is 0.818. The first-order valence-corrected chi connectivity index (χ1v) is 6.13. The van der Waals surface area contributed by atoms with Crippen molar-refractivity contribution in [3.63, 3.8) is 0 Å². The molecule has 98 valence electrons. The molecule has 4 N–H and O–H groups in total. The second-order valence-corrected chi connectivity index (χ2v) is 4.45. The van der Waals surface area contributed by atoms with Crippen molar-refractivity contribution in [2.45, 2.75) is 38.6 Å². The van der Waals surface area contributed by atoms with Crippen LogP contribution in [0.4, 0.5) is 0 Å². The van der Waals surface area contributed by atoms with E-state index in [1.165, 1.54) is 6.42 Å². The van der Waals surface area contributed by atoms with Crippen LogP contribution in [0.5, 0.6) is 0 Å². The van der Waals surface area contributed by atoms with Crippen LogP contribution in [0.15, 0.2) is 5.16 Å². The molecule has 1 rings (SSSR count). The Morgan fingerprint density at radius 3 is 2.71 bits per heavy atom. The molecule has 0 unspecified atom stereocenters.